The van der Waals surface area contributed by atoms with Gasteiger partial charge in [-0.25, -0.2) is 0 Å². The maximum absolute atomic E-state index is 9.30. The second kappa shape index (κ2) is 2.17. The van der Waals surface area contributed by atoms with Gasteiger partial charge in [0.2, 0.25) is 0 Å². The molecule has 0 aromatic heterocycles. The first-order valence-corrected chi connectivity index (χ1v) is 3.74. The molecule has 0 spiro atoms. The van der Waals surface area contributed by atoms with Crippen LogP contribution < -0.4 is 0 Å². The van der Waals surface area contributed by atoms with Gasteiger partial charge < -0.3 is 19.3 Å². The van der Waals surface area contributed by atoms with Crippen LogP contribution in [-0.4, -0.2) is 36.0 Å². The fourth-order valence-corrected chi connectivity index (χ4v) is 1.43. The van der Waals surface area contributed by atoms with Crippen molar-refractivity contribution in [2.75, 3.05) is 6.61 Å². The molecule has 2 fully saturated rings. The van der Waals surface area contributed by atoms with Gasteiger partial charge in [-0.15, -0.1) is 0 Å². The lowest BCUT2D eigenvalue weighted by atomic mass is 10.2. The van der Waals surface area contributed by atoms with E-state index in [0.717, 1.165) is 0 Å². The fourth-order valence-electron chi connectivity index (χ4n) is 1.43. The molecule has 0 aliphatic carbocycles. The summed E-state index contributed by atoms with van der Waals surface area (Å²) in [6.07, 6.45) is -1.22. The highest BCUT2D eigenvalue weighted by Crippen LogP contribution is 2.34. The van der Waals surface area contributed by atoms with E-state index in [1.54, 1.807) is 13.8 Å². The molecule has 0 radical (unpaired) electrons. The van der Waals surface area contributed by atoms with Crippen LogP contribution in [-0.2, 0) is 14.2 Å². The maximum Gasteiger partial charge on any atom is 0.189 e. The zero-order valence-electron chi connectivity index (χ0n) is 6.61. The van der Waals surface area contributed by atoms with E-state index in [0.29, 0.717) is 6.61 Å². The summed E-state index contributed by atoms with van der Waals surface area (Å²) in [5.41, 5.74) is 0. The Hall–Kier alpha value is -0.160. The Morgan fingerprint density at radius 3 is 2.73 bits per heavy atom. The molecule has 2 saturated heterocycles. The summed E-state index contributed by atoms with van der Waals surface area (Å²) < 4.78 is 15.9. The summed E-state index contributed by atoms with van der Waals surface area (Å²) in [6.45, 7) is 3.92. The average Bonchev–Trinajstić information content (AvgIpc) is 2.31. The molecule has 0 amide bonds. The van der Waals surface area contributed by atoms with Crippen LogP contribution in [0.3, 0.4) is 0 Å². The van der Waals surface area contributed by atoms with E-state index in [-0.39, 0.29) is 12.4 Å². The summed E-state index contributed by atoms with van der Waals surface area (Å²) in [4.78, 5) is 0. The monoisotopic (exact) mass is 160 g/mol. The molecule has 0 saturated carbocycles. The lowest BCUT2D eigenvalue weighted by Gasteiger charge is -2.18. The van der Waals surface area contributed by atoms with Crippen LogP contribution in [0.4, 0.5) is 0 Å². The standard InChI is InChI=1S/C7H12O4/c1-7(2)10-5-4(8)3-9-6(5)11-7/h4-6,8H,3H2,1-2H3/t4?,5?,6-/m1/s1. The van der Waals surface area contributed by atoms with Crippen molar-refractivity contribution in [3.05, 3.63) is 0 Å². The minimum atomic E-state index is -0.614. The number of ether oxygens (including phenoxy) is 3. The van der Waals surface area contributed by atoms with Crippen molar-refractivity contribution in [2.24, 2.45) is 0 Å². The number of fused-ring (bicyclic) bond motifs is 1. The summed E-state index contributed by atoms with van der Waals surface area (Å²) in [5.74, 6) is -0.614. The first kappa shape index (κ1) is 7.49. The van der Waals surface area contributed by atoms with Crippen LogP contribution in [0.15, 0.2) is 0 Å². The lowest BCUT2D eigenvalue weighted by molar-refractivity contribution is -0.200. The Balaban J connectivity index is 2.10. The Bertz CT molecular complexity index is 168. The summed E-state index contributed by atoms with van der Waals surface area (Å²) in [7, 11) is 0. The lowest BCUT2D eigenvalue weighted by Crippen LogP contribution is -2.29. The van der Waals surface area contributed by atoms with Crippen LogP contribution in [0.2, 0.25) is 0 Å². The molecule has 2 aliphatic rings. The molecule has 2 unspecified atom stereocenters. The van der Waals surface area contributed by atoms with Gasteiger partial charge in [-0.2, -0.15) is 0 Å². The summed E-state index contributed by atoms with van der Waals surface area (Å²) in [6, 6.07) is 0. The largest absolute Gasteiger partial charge is 0.388 e. The van der Waals surface area contributed by atoms with Gasteiger partial charge in [-0.1, -0.05) is 0 Å². The first-order chi connectivity index (χ1) is 5.08. The predicted octanol–water partition coefficient (Wildman–Crippen LogP) is -0.145. The molecule has 11 heavy (non-hydrogen) atoms. The second-order valence-electron chi connectivity index (χ2n) is 3.37. The SMILES string of the molecule is CC1(C)OC2C(O)CO[C@@H]2O1. The third-order valence-electron chi connectivity index (χ3n) is 1.90. The van der Waals surface area contributed by atoms with Gasteiger partial charge in [0, 0.05) is 0 Å². The van der Waals surface area contributed by atoms with Crippen LogP contribution >= 0.6 is 0 Å². The van der Waals surface area contributed by atoms with Crippen LogP contribution in [0.5, 0.6) is 0 Å². The van der Waals surface area contributed by atoms with Crippen LogP contribution in [0.1, 0.15) is 13.8 Å². The minimum Gasteiger partial charge on any atom is -0.388 e. The number of aliphatic hydroxyl groups is 1. The van der Waals surface area contributed by atoms with Crippen molar-refractivity contribution < 1.29 is 19.3 Å². The Morgan fingerprint density at radius 1 is 1.36 bits per heavy atom. The molecule has 2 rings (SSSR count). The molecule has 64 valence electrons. The van der Waals surface area contributed by atoms with Crippen molar-refractivity contribution in [3.8, 4) is 0 Å². The molecule has 4 heteroatoms. The van der Waals surface area contributed by atoms with Gasteiger partial charge in [0.25, 0.3) is 0 Å². The van der Waals surface area contributed by atoms with Crippen molar-refractivity contribution in [3.63, 3.8) is 0 Å². The molecule has 3 atom stereocenters. The van der Waals surface area contributed by atoms with E-state index in [1.165, 1.54) is 0 Å². The third-order valence-corrected chi connectivity index (χ3v) is 1.90. The highest BCUT2D eigenvalue weighted by Gasteiger charge is 2.49. The highest BCUT2D eigenvalue weighted by atomic mass is 16.8. The Kier molecular flexibility index (Phi) is 1.47. The fraction of sp³-hybridized carbons (Fsp3) is 1.00. The zero-order valence-corrected chi connectivity index (χ0v) is 6.61. The molecule has 2 aliphatic heterocycles. The average molecular weight is 160 g/mol. The van der Waals surface area contributed by atoms with Gasteiger partial charge in [0.1, 0.15) is 12.2 Å². The highest BCUT2D eigenvalue weighted by molar-refractivity contribution is 4.86. The molecule has 2 heterocycles. The van der Waals surface area contributed by atoms with E-state index in [1.807, 2.05) is 0 Å². The normalized spacial score (nSPS) is 47.7. The predicted molar refractivity (Wildman–Crippen MR) is 35.8 cm³/mol. The van der Waals surface area contributed by atoms with E-state index >= 15 is 0 Å². The minimum absolute atomic E-state index is 0.301. The van der Waals surface area contributed by atoms with Gasteiger partial charge >= 0.3 is 0 Å². The molecular formula is C7H12O4. The van der Waals surface area contributed by atoms with E-state index in [2.05, 4.69) is 0 Å². The van der Waals surface area contributed by atoms with Crippen LogP contribution in [0.25, 0.3) is 0 Å². The first-order valence-electron chi connectivity index (χ1n) is 3.74. The van der Waals surface area contributed by atoms with Gasteiger partial charge in [-0.3, -0.25) is 0 Å². The van der Waals surface area contributed by atoms with Crippen molar-refractivity contribution in [2.45, 2.75) is 38.1 Å². The van der Waals surface area contributed by atoms with Gasteiger partial charge in [-0.05, 0) is 13.8 Å². The Morgan fingerprint density at radius 2 is 2.09 bits per heavy atom. The van der Waals surface area contributed by atoms with Gasteiger partial charge in [0.05, 0.1) is 6.61 Å². The van der Waals surface area contributed by atoms with Gasteiger partial charge in [0.15, 0.2) is 12.1 Å². The summed E-state index contributed by atoms with van der Waals surface area (Å²) >= 11 is 0. The molecule has 0 aromatic rings. The van der Waals surface area contributed by atoms with Crippen molar-refractivity contribution in [1.29, 1.82) is 0 Å². The zero-order chi connectivity index (χ0) is 8.06. The quantitative estimate of drug-likeness (QED) is 0.535. The molecular weight excluding hydrogens is 148 g/mol. The second-order valence-corrected chi connectivity index (χ2v) is 3.37. The molecule has 0 aromatic carbocycles. The third kappa shape index (κ3) is 1.16. The van der Waals surface area contributed by atoms with E-state index < -0.39 is 11.9 Å². The molecule has 1 N–H and O–H groups in total. The van der Waals surface area contributed by atoms with Crippen molar-refractivity contribution >= 4 is 0 Å². The number of aliphatic hydroxyl groups excluding tert-OH is 1. The van der Waals surface area contributed by atoms with Crippen molar-refractivity contribution in [1.82, 2.24) is 0 Å². The van der Waals surface area contributed by atoms with Crippen LogP contribution in [0, 0.1) is 0 Å². The Labute approximate surface area is 65.1 Å². The van der Waals surface area contributed by atoms with E-state index in [4.69, 9.17) is 14.2 Å². The maximum atomic E-state index is 9.30. The summed E-state index contributed by atoms with van der Waals surface area (Å²) in [5, 5.41) is 9.30. The number of hydrogen-bond acceptors (Lipinski definition) is 4. The topological polar surface area (TPSA) is 47.9 Å². The molecule has 0 bridgehead atoms. The number of hydrogen-bond donors (Lipinski definition) is 1. The van der Waals surface area contributed by atoms with E-state index in [9.17, 15) is 5.11 Å². The number of rotatable bonds is 0. The smallest absolute Gasteiger partial charge is 0.189 e. The molecule has 4 nitrogen and oxygen atoms in total.